The summed E-state index contributed by atoms with van der Waals surface area (Å²) < 4.78 is 2.21. The maximum Gasteiger partial charge on any atom is 0.0534 e. The van der Waals surface area contributed by atoms with E-state index in [-0.39, 0.29) is 5.54 Å². The molecule has 2 unspecified atom stereocenters. The molecule has 1 N–H and O–H groups in total. The van der Waals surface area contributed by atoms with Gasteiger partial charge in [-0.1, -0.05) is 26.2 Å². The Bertz CT molecular complexity index is 389. The molecular weight excluding hydrogens is 234 g/mol. The fraction of sp³-hybridized carbons (Fsp3) is 0.812. The SMILES string of the molecule is CCC1CCCC(n2cc(CNC(C)(C)C)cn2)C1. The van der Waals surface area contributed by atoms with Crippen LogP contribution < -0.4 is 5.32 Å². The molecule has 3 nitrogen and oxygen atoms in total. The van der Waals surface area contributed by atoms with Crippen LogP contribution in [0, 0.1) is 5.92 Å². The van der Waals surface area contributed by atoms with E-state index < -0.39 is 0 Å². The van der Waals surface area contributed by atoms with Crippen molar-refractivity contribution in [2.75, 3.05) is 0 Å². The van der Waals surface area contributed by atoms with Gasteiger partial charge in [-0.15, -0.1) is 0 Å². The zero-order valence-electron chi connectivity index (χ0n) is 12.9. The fourth-order valence-corrected chi connectivity index (χ4v) is 2.91. The molecule has 0 bridgehead atoms. The molecule has 19 heavy (non-hydrogen) atoms. The highest BCUT2D eigenvalue weighted by Crippen LogP contribution is 2.33. The van der Waals surface area contributed by atoms with Crippen molar-refractivity contribution in [3.63, 3.8) is 0 Å². The van der Waals surface area contributed by atoms with Crippen LogP contribution in [0.25, 0.3) is 0 Å². The largest absolute Gasteiger partial charge is 0.308 e. The summed E-state index contributed by atoms with van der Waals surface area (Å²) in [7, 11) is 0. The normalized spacial score (nSPS) is 24.6. The number of hydrogen-bond donors (Lipinski definition) is 1. The van der Waals surface area contributed by atoms with Crippen molar-refractivity contribution >= 4 is 0 Å². The van der Waals surface area contributed by atoms with Crippen molar-refractivity contribution in [2.45, 2.75) is 77.9 Å². The Labute approximate surface area is 117 Å². The molecule has 1 aromatic heterocycles. The quantitative estimate of drug-likeness (QED) is 0.892. The summed E-state index contributed by atoms with van der Waals surface area (Å²) in [5, 5.41) is 8.11. The molecule has 0 radical (unpaired) electrons. The lowest BCUT2D eigenvalue weighted by Crippen LogP contribution is -2.34. The maximum absolute atomic E-state index is 4.59. The third kappa shape index (κ3) is 4.34. The van der Waals surface area contributed by atoms with Gasteiger partial charge < -0.3 is 5.32 Å². The van der Waals surface area contributed by atoms with Crippen molar-refractivity contribution in [3.8, 4) is 0 Å². The second-order valence-corrected chi connectivity index (χ2v) is 7.03. The minimum atomic E-state index is 0.167. The van der Waals surface area contributed by atoms with Crippen molar-refractivity contribution < 1.29 is 0 Å². The molecule has 0 saturated heterocycles. The van der Waals surface area contributed by atoms with E-state index in [1.54, 1.807) is 0 Å². The van der Waals surface area contributed by atoms with Crippen LogP contribution >= 0.6 is 0 Å². The highest BCUT2D eigenvalue weighted by Gasteiger charge is 2.22. The first kappa shape index (κ1) is 14.6. The van der Waals surface area contributed by atoms with Crippen molar-refractivity contribution in [2.24, 2.45) is 5.92 Å². The summed E-state index contributed by atoms with van der Waals surface area (Å²) in [4.78, 5) is 0. The standard InChI is InChI=1S/C16H29N3/c1-5-13-7-6-8-15(9-13)19-12-14(11-18-19)10-17-16(2,3)4/h11-13,15,17H,5-10H2,1-4H3. The Morgan fingerprint density at radius 2 is 2.16 bits per heavy atom. The third-order valence-electron chi connectivity index (χ3n) is 4.18. The number of aromatic nitrogens is 2. The van der Waals surface area contributed by atoms with E-state index in [4.69, 9.17) is 0 Å². The van der Waals surface area contributed by atoms with Gasteiger partial charge in [0, 0.05) is 23.8 Å². The predicted molar refractivity (Wildman–Crippen MR) is 80.1 cm³/mol. The lowest BCUT2D eigenvalue weighted by molar-refractivity contribution is 0.247. The first-order chi connectivity index (χ1) is 8.98. The molecule has 0 aromatic carbocycles. The molecule has 1 aliphatic rings. The monoisotopic (exact) mass is 263 g/mol. The van der Waals surface area contributed by atoms with Gasteiger partial charge in [0.1, 0.15) is 0 Å². The van der Waals surface area contributed by atoms with Gasteiger partial charge in [-0.3, -0.25) is 4.68 Å². The van der Waals surface area contributed by atoms with Gasteiger partial charge in [0.15, 0.2) is 0 Å². The summed E-state index contributed by atoms with van der Waals surface area (Å²) in [6, 6.07) is 0.627. The highest BCUT2D eigenvalue weighted by molar-refractivity contribution is 5.05. The second-order valence-electron chi connectivity index (χ2n) is 7.03. The Hall–Kier alpha value is -0.830. The van der Waals surface area contributed by atoms with E-state index in [1.807, 2.05) is 6.20 Å². The highest BCUT2D eigenvalue weighted by atomic mass is 15.3. The van der Waals surface area contributed by atoms with E-state index in [0.717, 1.165) is 12.5 Å². The smallest absolute Gasteiger partial charge is 0.0534 e. The van der Waals surface area contributed by atoms with Crippen LogP contribution in [0.1, 0.15) is 71.4 Å². The summed E-state index contributed by atoms with van der Waals surface area (Å²) >= 11 is 0. The maximum atomic E-state index is 4.59. The number of rotatable bonds is 4. The van der Waals surface area contributed by atoms with Crippen LogP contribution in [0.4, 0.5) is 0 Å². The third-order valence-corrected chi connectivity index (χ3v) is 4.18. The van der Waals surface area contributed by atoms with Crippen LogP contribution in [-0.4, -0.2) is 15.3 Å². The average Bonchev–Trinajstić information content (AvgIpc) is 2.84. The number of hydrogen-bond acceptors (Lipinski definition) is 2. The van der Waals surface area contributed by atoms with E-state index in [2.05, 4.69) is 49.0 Å². The van der Waals surface area contributed by atoms with Gasteiger partial charge in [0.05, 0.1) is 12.2 Å². The minimum absolute atomic E-state index is 0.167. The van der Waals surface area contributed by atoms with Gasteiger partial charge in [-0.05, 0) is 39.5 Å². The van der Waals surface area contributed by atoms with Crippen LogP contribution in [-0.2, 0) is 6.54 Å². The molecule has 108 valence electrons. The van der Waals surface area contributed by atoms with Crippen LogP contribution in [0.3, 0.4) is 0 Å². The lowest BCUT2D eigenvalue weighted by Gasteiger charge is -2.28. The van der Waals surface area contributed by atoms with E-state index in [0.29, 0.717) is 6.04 Å². The Balaban J connectivity index is 1.93. The van der Waals surface area contributed by atoms with E-state index >= 15 is 0 Å². The van der Waals surface area contributed by atoms with Crippen molar-refractivity contribution in [1.29, 1.82) is 0 Å². The lowest BCUT2D eigenvalue weighted by atomic mass is 9.84. The molecule has 1 aromatic rings. The van der Waals surface area contributed by atoms with E-state index in [9.17, 15) is 0 Å². The Morgan fingerprint density at radius 3 is 2.84 bits per heavy atom. The summed E-state index contributed by atoms with van der Waals surface area (Å²) in [6.45, 7) is 9.82. The van der Waals surface area contributed by atoms with Gasteiger partial charge in [-0.2, -0.15) is 5.10 Å². The molecule has 0 spiro atoms. The van der Waals surface area contributed by atoms with Crippen LogP contribution in [0.2, 0.25) is 0 Å². The van der Waals surface area contributed by atoms with Gasteiger partial charge in [-0.25, -0.2) is 0 Å². The summed E-state index contributed by atoms with van der Waals surface area (Å²) in [6.07, 6.45) is 11.0. The van der Waals surface area contributed by atoms with Crippen molar-refractivity contribution in [3.05, 3.63) is 18.0 Å². The Kier molecular flexibility index (Phi) is 4.67. The zero-order valence-corrected chi connectivity index (χ0v) is 12.9. The molecular formula is C16H29N3. The van der Waals surface area contributed by atoms with Crippen LogP contribution in [0.15, 0.2) is 12.4 Å². The average molecular weight is 263 g/mol. The van der Waals surface area contributed by atoms with Gasteiger partial charge in [0.2, 0.25) is 0 Å². The molecule has 1 fully saturated rings. The summed E-state index contributed by atoms with van der Waals surface area (Å²) in [5.41, 5.74) is 1.47. The van der Waals surface area contributed by atoms with Crippen molar-refractivity contribution in [1.82, 2.24) is 15.1 Å². The van der Waals surface area contributed by atoms with Gasteiger partial charge >= 0.3 is 0 Å². The molecule has 1 aliphatic carbocycles. The Morgan fingerprint density at radius 1 is 1.37 bits per heavy atom. The molecule has 1 saturated carbocycles. The molecule has 1 heterocycles. The minimum Gasteiger partial charge on any atom is -0.308 e. The first-order valence-corrected chi connectivity index (χ1v) is 7.76. The molecule has 3 heteroatoms. The zero-order chi connectivity index (χ0) is 13.9. The van der Waals surface area contributed by atoms with Gasteiger partial charge in [0.25, 0.3) is 0 Å². The fourth-order valence-electron chi connectivity index (χ4n) is 2.91. The number of nitrogens with one attached hydrogen (secondary N) is 1. The molecule has 0 aliphatic heterocycles. The topological polar surface area (TPSA) is 29.9 Å². The first-order valence-electron chi connectivity index (χ1n) is 7.76. The van der Waals surface area contributed by atoms with E-state index in [1.165, 1.54) is 37.7 Å². The van der Waals surface area contributed by atoms with Crippen LogP contribution in [0.5, 0.6) is 0 Å². The predicted octanol–water partition coefficient (Wildman–Crippen LogP) is 3.91. The molecule has 0 amide bonds. The molecule has 2 atom stereocenters. The molecule has 2 rings (SSSR count). The number of nitrogens with zero attached hydrogens (tertiary/aromatic N) is 2. The second kappa shape index (κ2) is 6.08. The summed E-state index contributed by atoms with van der Waals surface area (Å²) in [5.74, 6) is 0.902.